The normalized spacial score (nSPS) is 12.9. The largest absolute Gasteiger partial charge is 0.386 e. The third-order valence-corrected chi connectivity index (χ3v) is 3.17. The monoisotopic (exact) mass is 248 g/mol. The van der Waals surface area contributed by atoms with Crippen molar-refractivity contribution in [2.24, 2.45) is 14.1 Å². The summed E-state index contributed by atoms with van der Waals surface area (Å²) in [5, 5.41) is 18.9. The fourth-order valence-electron chi connectivity index (χ4n) is 2.18. The predicted octanol–water partition coefficient (Wildman–Crippen LogP) is 1.30. The van der Waals surface area contributed by atoms with Crippen molar-refractivity contribution in [2.45, 2.75) is 32.8 Å². The Balaban J connectivity index is 2.18. The van der Waals surface area contributed by atoms with Crippen LogP contribution in [0.2, 0.25) is 0 Å². The van der Waals surface area contributed by atoms with Gasteiger partial charge in [-0.05, 0) is 25.5 Å². The first-order valence-electron chi connectivity index (χ1n) is 6.21. The van der Waals surface area contributed by atoms with Crippen LogP contribution in [-0.4, -0.2) is 24.7 Å². The van der Waals surface area contributed by atoms with Gasteiger partial charge in [-0.25, -0.2) is 0 Å². The number of aryl methyl sites for hydroxylation is 4. The van der Waals surface area contributed by atoms with Crippen molar-refractivity contribution in [3.8, 4) is 0 Å². The summed E-state index contributed by atoms with van der Waals surface area (Å²) in [6.07, 6.45) is 0.924. The van der Waals surface area contributed by atoms with E-state index in [1.807, 2.05) is 37.8 Å². The van der Waals surface area contributed by atoms with E-state index >= 15 is 0 Å². The van der Waals surface area contributed by atoms with E-state index in [2.05, 4.69) is 17.1 Å². The molecular formula is C13H20N4O. The molecule has 18 heavy (non-hydrogen) atoms. The lowest BCUT2D eigenvalue weighted by Gasteiger charge is -2.10. The molecule has 0 aliphatic rings. The lowest BCUT2D eigenvalue weighted by Crippen LogP contribution is -2.10. The number of aromatic nitrogens is 4. The lowest BCUT2D eigenvalue weighted by molar-refractivity contribution is 0.166. The van der Waals surface area contributed by atoms with E-state index < -0.39 is 6.10 Å². The SMILES string of the molecule is CCc1cc(CC(O)c2cc(C)nn2C)n(C)n1. The van der Waals surface area contributed by atoms with Gasteiger partial charge in [0.15, 0.2) is 0 Å². The molecule has 0 radical (unpaired) electrons. The zero-order valence-corrected chi connectivity index (χ0v) is 11.4. The molecule has 0 saturated heterocycles. The van der Waals surface area contributed by atoms with Crippen LogP contribution in [0.15, 0.2) is 12.1 Å². The standard InChI is InChI=1S/C13H20N4O/c1-5-10-7-11(16(3)15-10)8-13(18)12-6-9(2)14-17(12)4/h6-7,13,18H,5,8H2,1-4H3. The highest BCUT2D eigenvalue weighted by molar-refractivity contribution is 5.16. The molecule has 0 bridgehead atoms. The Kier molecular flexibility index (Phi) is 3.52. The van der Waals surface area contributed by atoms with E-state index in [9.17, 15) is 5.11 Å². The third-order valence-electron chi connectivity index (χ3n) is 3.17. The Labute approximate surface area is 107 Å². The highest BCUT2D eigenvalue weighted by atomic mass is 16.3. The number of aliphatic hydroxyl groups excluding tert-OH is 1. The summed E-state index contributed by atoms with van der Waals surface area (Å²) >= 11 is 0. The minimum atomic E-state index is -0.545. The molecular weight excluding hydrogens is 228 g/mol. The predicted molar refractivity (Wildman–Crippen MR) is 69.2 cm³/mol. The van der Waals surface area contributed by atoms with Gasteiger partial charge >= 0.3 is 0 Å². The van der Waals surface area contributed by atoms with Crippen LogP contribution in [0, 0.1) is 6.92 Å². The molecule has 0 aromatic carbocycles. The van der Waals surface area contributed by atoms with Crippen molar-refractivity contribution < 1.29 is 5.11 Å². The van der Waals surface area contributed by atoms with Gasteiger partial charge in [0, 0.05) is 26.2 Å². The van der Waals surface area contributed by atoms with Gasteiger partial charge in [0.1, 0.15) is 6.10 Å². The van der Waals surface area contributed by atoms with Gasteiger partial charge in [0.2, 0.25) is 0 Å². The van der Waals surface area contributed by atoms with Gasteiger partial charge < -0.3 is 5.11 Å². The summed E-state index contributed by atoms with van der Waals surface area (Å²) in [7, 11) is 3.77. The Morgan fingerprint density at radius 1 is 1.22 bits per heavy atom. The molecule has 0 fully saturated rings. The Hall–Kier alpha value is -1.62. The van der Waals surface area contributed by atoms with Gasteiger partial charge in [-0.3, -0.25) is 9.36 Å². The smallest absolute Gasteiger partial charge is 0.101 e. The molecule has 5 heteroatoms. The summed E-state index contributed by atoms with van der Waals surface area (Å²) in [4.78, 5) is 0. The topological polar surface area (TPSA) is 55.9 Å². The van der Waals surface area contributed by atoms with Crippen LogP contribution in [0.4, 0.5) is 0 Å². The number of hydrogen-bond acceptors (Lipinski definition) is 3. The van der Waals surface area contributed by atoms with E-state index in [4.69, 9.17) is 0 Å². The van der Waals surface area contributed by atoms with E-state index in [-0.39, 0.29) is 0 Å². The summed E-state index contributed by atoms with van der Waals surface area (Å²) in [6.45, 7) is 4.00. The van der Waals surface area contributed by atoms with Crippen LogP contribution in [0.5, 0.6) is 0 Å². The Bertz CT molecular complexity index is 541. The highest BCUT2D eigenvalue weighted by Crippen LogP contribution is 2.19. The summed E-state index contributed by atoms with van der Waals surface area (Å²) in [5.74, 6) is 0. The van der Waals surface area contributed by atoms with Crippen LogP contribution in [0.1, 0.15) is 35.8 Å². The number of hydrogen-bond donors (Lipinski definition) is 1. The summed E-state index contributed by atoms with van der Waals surface area (Å²) < 4.78 is 3.57. The van der Waals surface area contributed by atoms with Crippen molar-refractivity contribution in [3.05, 3.63) is 34.9 Å². The molecule has 0 amide bonds. The molecule has 2 aromatic rings. The minimum absolute atomic E-state index is 0.545. The van der Waals surface area contributed by atoms with Crippen molar-refractivity contribution in [2.75, 3.05) is 0 Å². The molecule has 0 aliphatic carbocycles. The van der Waals surface area contributed by atoms with Gasteiger partial charge in [-0.1, -0.05) is 6.92 Å². The van der Waals surface area contributed by atoms with E-state index in [1.54, 1.807) is 4.68 Å². The van der Waals surface area contributed by atoms with Gasteiger partial charge in [-0.15, -0.1) is 0 Å². The average Bonchev–Trinajstić information content (AvgIpc) is 2.82. The zero-order valence-electron chi connectivity index (χ0n) is 11.4. The van der Waals surface area contributed by atoms with Crippen LogP contribution >= 0.6 is 0 Å². The molecule has 1 unspecified atom stereocenters. The summed E-state index contributed by atoms with van der Waals surface area (Å²) in [5.41, 5.74) is 3.86. The first kappa shape index (κ1) is 12.8. The molecule has 5 nitrogen and oxygen atoms in total. The van der Waals surface area contributed by atoms with Crippen molar-refractivity contribution in [1.82, 2.24) is 19.6 Å². The van der Waals surface area contributed by atoms with Crippen molar-refractivity contribution in [1.29, 1.82) is 0 Å². The molecule has 2 rings (SSSR count). The van der Waals surface area contributed by atoms with Gasteiger partial charge in [0.25, 0.3) is 0 Å². The van der Waals surface area contributed by atoms with E-state index in [1.165, 1.54) is 0 Å². The second-order valence-corrected chi connectivity index (χ2v) is 4.66. The van der Waals surface area contributed by atoms with Crippen LogP contribution < -0.4 is 0 Å². The third kappa shape index (κ3) is 2.46. The molecule has 0 saturated carbocycles. The molecule has 1 atom stereocenters. The first-order valence-corrected chi connectivity index (χ1v) is 6.21. The number of rotatable bonds is 4. The first-order chi connectivity index (χ1) is 8.51. The Morgan fingerprint density at radius 3 is 2.44 bits per heavy atom. The lowest BCUT2D eigenvalue weighted by atomic mass is 10.1. The Morgan fingerprint density at radius 2 is 1.94 bits per heavy atom. The molecule has 1 N–H and O–H groups in total. The van der Waals surface area contributed by atoms with Gasteiger partial charge in [0.05, 0.1) is 17.1 Å². The number of aliphatic hydroxyl groups is 1. The van der Waals surface area contributed by atoms with E-state index in [0.717, 1.165) is 29.2 Å². The maximum Gasteiger partial charge on any atom is 0.101 e. The van der Waals surface area contributed by atoms with Crippen LogP contribution in [0.25, 0.3) is 0 Å². The molecule has 98 valence electrons. The molecule has 0 aliphatic heterocycles. The van der Waals surface area contributed by atoms with Crippen LogP contribution in [0.3, 0.4) is 0 Å². The van der Waals surface area contributed by atoms with Gasteiger partial charge in [-0.2, -0.15) is 10.2 Å². The average molecular weight is 248 g/mol. The quantitative estimate of drug-likeness (QED) is 0.887. The molecule has 0 spiro atoms. The minimum Gasteiger partial charge on any atom is -0.386 e. The number of nitrogens with zero attached hydrogens (tertiary/aromatic N) is 4. The van der Waals surface area contributed by atoms with Crippen molar-refractivity contribution in [3.63, 3.8) is 0 Å². The maximum absolute atomic E-state index is 10.3. The summed E-state index contributed by atoms with van der Waals surface area (Å²) in [6, 6.07) is 3.97. The second kappa shape index (κ2) is 4.94. The van der Waals surface area contributed by atoms with E-state index in [0.29, 0.717) is 6.42 Å². The van der Waals surface area contributed by atoms with Crippen LogP contribution in [-0.2, 0) is 26.9 Å². The van der Waals surface area contributed by atoms with Crippen molar-refractivity contribution >= 4 is 0 Å². The zero-order chi connectivity index (χ0) is 13.3. The molecule has 2 heterocycles. The highest BCUT2D eigenvalue weighted by Gasteiger charge is 2.16. The fraction of sp³-hybridized carbons (Fsp3) is 0.538. The maximum atomic E-state index is 10.3. The molecule has 2 aromatic heterocycles. The fourth-order valence-corrected chi connectivity index (χ4v) is 2.18. The second-order valence-electron chi connectivity index (χ2n) is 4.66.